The van der Waals surface area contributed by atoms with Gasteiger partial charge in [0.2, 0.25) is 0 Å². The number of ether oxygens (including phenoxy) is 1. The highest BCUT2D eigenvalue weighted by atomic mass is 16.5. The van der Waals surface area contributed by atoms with Crippen molar-refractivity contribution in [1.29, 1.82) is 0 Å². The molecule has 2 heterocycles. The Hall–Kier alpha value is -0.200. The Morgan fingerprint density at radius 1 is 1.32 bits per heavy atom. The van der Waals surface area contributed by atoms with E-state index in [1.54, 1.807) is 0 Å². The van der Waals surface area contributed by atoms with Crippen LogP contribution in [0.25, 0.3) is 0 Å². The second-order valence-electron chi connectivity index (χ2n) is 5.98. The highest BCUT2D eigenvalue weighted by Crippen LogP contribution is 2.15. The average Bonchev–Trinajstić information content (AvgIpc) is 2.40. The largest absolute Gasteiger partial charge is 0.390 e. The molecular formula is C14H29N3O2. The molecular weight excluding hydrogens is 242 g/mol. The summed E-state index contributed by atoms with van der Waals surface area (Å²) in [5, 5.41) is 13.5. The molecule has 0 bridgehead atoms. The summed E-state index contributed by atoms with van der Waals surface area (Å²) in [7, 11) is 2.12. The number of nitrogens with one attached hydrogen (secondary N) is 1. The molecule has 0 radical (unpaired) electrons. The average molecular weight is 271 g/mol. The first-order valence-electron chi connectivity index (χ1n) is 7.61. The minimum Gasteiger partial charge on any atom is -0.390 e. The van der Waals surface area contributed by atoms with Crippen LogP contribution in [-0.4, -0.2) is 87.1 Å². The smallest absolute Gasteiger partial charge is 0.0793 e. The van der Waals surface area contributed by atoms with Crippen LogP contribution in [0, 0.1) is 5.92 Å². The first-order valence-corrected chi connectivity index (χ1v) is 7.61. The second kappa shape index (κ2) is 8.17. The van der Waals surface area contributed by atoms with Crippen molar-refractivity contribution in [3.8, 4) is 0 Å². The van der Waals surface area contributed by atoms with Crippen LogP contribution in [0.3, 0.4) is 0 Å². The van der Waals surface area contributed by atoms with Gasteiger partial charge in [-0.1, -0.05) is 0 Å². The number of aliphatic hydroxyl groups is 1. The second-order valence-corrected chi connectivity index (χ2v) is 5.98. The van der Waals surface area contributed by atoms with Gasteiger partial charge < -0.3 is 20.1 Å². The van der Waals surface area contributed by atoms with Crippen molar-refractivity contribution in [2.75, 3.05) is 66.1 Å². The molecule has 1 unspecified atom stereocenters. The molecule has 112 valence electrons. The first kappa shape index (κ1) is 15.2. The fourth-order valence-corrected chi connectivity index (χ4v) is 3.05. The molecule has 2 aliphatic heterocycles. The van der Waals surface area contributed by atoms with Crippen molar-refractivity contribution in [1.82, 2.24) is 15.1 Å². The van der Waals surface area contributed by atoms with Crippen LogP contribution in [0.4, 0.5) is 0 Å². The third kappa shape index (κ3) is 5.75. The fraction of sp³-hybridized carbons (Fsp3) is 1.00. The maximum absolute atomic E-state index is 10.2. The Labute approximate surface area is 116 Å². The summed E-state index contributed by atoms with van der Waals surface area (Å²) >= 11 is 0. The number of β-amino-alcohol motifs (C(OH)–C–C–N with tert-alkyl or cyclic N) is 1. The van der Waals surface area contributed by atoms with Gasteiger partial charge in [-0.05, 0) is 25.8 Å². The molecule has 5 nitrogen and oxygen atoms in total. The molecule has 0 spiro atoms. The normalized spacial score (nSPS) is 24.8. The summed E-state index contributed by atoms with van der Waals surface area (Å²) in [5.41, 5.74) is 0. The van der Waals surface area contributed by atoms with E-state index in [0.717, 1.165) is 77.8 Å². The van der Waals surface area contributed by atoms with Gasteiger partial charge in [-0.25, -0.2) is 0 Å². The van der Waals surface area contributed by atoms with E-state index in [1.165, 1.54) is 0 Å². The van der Waals surface area contributed by atoms with E-state index in [2.05, 4.69) is 22.2 Å². The number of nitrogens with zero attached hydrogens (tertiary/aromatic N) is 2. The molecule has 2 saturated heterocycles. The number of piperazine rings is 1. The van der Waals surface area contributed by atoms with Crippen LogP contribution >= 0.6 is 0 Å². The number of rotatable bonds is 6. The molecule has 2 fully saturated rings. The molecule has 0 aromatic heterocycles. The molecule has 2 rings (SSSR count). The van der Waals surface area contributed by atoms with Gasteiger partial charge in [-0.3, -0.25) is 4.90 Å². The van der Waals surface area contributed by atoms with Gasteiger partial charge in [0.05, 0.1) is 6.10 Å². The lowest BCUT2D eigenvalue weighted by Crippen LogP contribution is -2.48. The highest BCUT2D eigenvalue weighted by Gasteiger charge is 2.19. The first-order chi connectivity index (χ1) is 9.24. The van der Waals surface area contributed by atoms with E-state index in [1.807, 2.05) is 0 Å². The summed E-state index contributed by atoms with van der Waals surface area (Å²) in [6.45, 7) is 8.68. The van der Waals surface area contributed by atoms with Crippen molar-refractivity contribution >= 4 is 0 Å². The Bertz CT molecular complexity index is 217. The quantitative estimate of drug-likeness (QED) is 0.689. The van der Waals surface area contributed by atoms with E-state index in [0.29, 0.717) is 0 Å². The van der Waals surface area contributed by atoms with Gasteiger partial charge in [-0.15, -0.1) is 0 Å². The van der Waals surface area contributed by atoms with Gasteiger partial charge >= 0.3 is 0 Å². The van der Waals surface area contributed by atoms with E-state index in [4.69, 9.17) is 4.74 Å². The summed E-state index contributed by atoms with van der Waals surface area (Å²) in [6, 6.07) is 0. The third-order valence-electron chi connectivity index (χ3n) is 4.11. The number of likely N-dealkylation sites (N-methyl/N-ethyl adjacent to an activating group) is 1. The maximum atomic E-state index is 10.2. The van der Waals surface area contributed by atoms with Gasteiger partial charge in [0.25, 0.3) is 0 Å². The van der Waals surface area contributed by atoms with Gasteiger partial charge in [-0.2, -0.15) is 0 Å². The highest BCUT2D eigenvalue weighted by molar-refractivity contribution is 4.74. The molecule has 0 aliphatic carbocycles. The summed E-state index contributed by atoms with van der Waals surface area (Å²) in [6.07, 6.45) is 2.10. The van der Waals surface area contributed by atoms with Gasteiger partial charge in [0, 0.05) is 59.0 Å². The van der Waals surface area contributed by atoms with Gasteiger partial charge in [0.1, 0.15) is 0 Å². The number of aliphatic hydroxyl groups excluding tert-OH is 1. The van der Waals surface area contributed by atoms with Crippen molar-refractivity contribution in [3.05, 3.63) is 0 Å². The zero-order valence-corrected chi connectivity index (χ0v) is 12.2. The van der Waals surface area contributed by atoms with Crippen molar-refractivity contribution < 1.29 is 9.84 Å². The molecule has 5 heteroatoms. The molecule has 0 amide bonds. The van der Waals surface area contributed by atoms with Crippen LogP contribution in [0.15, 0.2) is 0 Å². The summed E-state index contributed by atoms with van der Waals surface area (Å²) < 4.78 is 5.38. The number of hydrogen-bond donors (Lipinski definition) is 2. The summed E-state index contributed by atoms with van der Waals surface area (Å²) in [5.74, 6) is 0.741. The van der Waals surface area contributed by atoms with E-state index < -0.39 is 0 Å². The SMILES string of the molecule is CN(CC(O)CN1CCNCC1)CC1CCOCC1. The predicted octanol–water partition coefficient (Wildman–Crippen LogP) is -0.389. The minimum atomic E-state index is -0.233. The molecule has 0 aromatic carbocycles. The van der Waals surface area contributed by atoms with Crippen molar-refractivity contribution in [3.63, 3.8) is 0 Å². The zero-order valence-electron chi connectivity index (χ0n) is 12.2. The maximum Gasteiger partial charge on any atom is 0.0793 e. The molecule has 19 heavy (non-hydrogen) atoms. The Balaban J connectivity index is 1.61. The van der Waals surface area contributed by atoms with Crippen molar-refractivity contribution in [2.24, 2.45) is 5.92 Å². The number of hydrogen-bond acceptors (Lipinski definition) is 5. The molecule has 1 atom stereocenters. The van der Waals surface area contributed by atoms with Crippen LogP contribution in [0.2, 0.25) is 0 Å². The van der Waals surface area contributed by atoms with E-state index >= 15 is 0 Å². The molecule has 2 N–H and O–H groups in total. The topological polar surface area (TPSA) is 48.0 Å². The fourth-order valence-electron chi connectivity index (χ4n) is 3.05. The lowest BCUT2D eigenvalue weighted by molar-refractivity contribution is 0.0408. The molecule has 0 aromatic rings. The molecule has 2 aliphatic rings. The Morgan fingerprint density at radius 2 is 2.00 bits per heavy atom. The zero-order chi connectivity index (χ0) is 13.5. The van der Waals surface area contributed by atoms with Gasteiger partial charge in [0.15, 0.2) is 0 Å². The minimum absolute atomic E-state index is 0.233. The molecule has 0 saturated carbocycles. The monoisotopic (exact) mass is 271 g/mol. The lowest BCUT2D eigenvalue weighted by Gasteiger charge is -2.32. The van der Waals surface area contributed by atoms with Crippen LogP contribution in [-0.2, 0) is 4.74 Å². The standard InChI is InChI=1S/C14H29N3O2/c1-16(10-13-2-8-19-9-3-13)11-14(18)12-17-6-4-15-5-7-17/h13-15,18H,2-12H2,1H3. The Morgan fingerprint density at radius 3 is 2.68 bits per heavy atom. The van der Waals surface area contributed by atoms with E-state index in [9.17, 15) is 5.11 Å². The van der Waals surface area contributed by atoms with Crippen LogP contribution < -0.4 is 5.32 Å². The predicted molar refractivity (Wildman–Crippen MR) is 76.4 cm³/mol. The van der Waals surface area contributed by atoms with E-state index in [-0.39, 0.29) is 6.10 Å². The van der Waals surface area contributed by atoms with Crippen LogP contribution in [0.5, 0.6) is 0 Å². The van der Waals surface area contributed by atoms with Crippen molar-refractivity contribution in [2.45, 2.75) is 18.9 Å². The third-order valence-corrected chi connectivity index (χ3v) is 4.11. The van der Waals surface area contributed by atoms with Crippen LogP contribution in [0.1, 0.15) is 12.8 Å². The Kier molecular flexibility index (Phi) is 6.53. The summed E-state index contributed by atoms with van der Waals surface area (Å²) in [4.78, 5) is 4.63. The lowest BCUT2D eigenvalue weighted by atomic mass is 10.00.